The smallest absolute Gasteiger partial charge is 0.0406 e. The monoisotopic (exact) mass is 211 g/mol. The molecule has 0 radical (unpaired) electrons. The molecule has 14 heavy (non-hydrogen) atoms. The molecule has 0 saturated heterocycles. The van der Waals surface area contributed by atoms with Crippen molar-refractivity contribution in [3.8, 4) is 0 Å². The van der Waals surface area contributed by atoms with Gasteiger partial charge in [-0.05, 0) is 37.1 Å². The molecule has 1 N–H and O–H groups in total. The van der Waals surface area contributed by atoms with Gasteiger partial charge in [-0.2, -0.15) is 0 Å². The molecule has 0 spiro atoms. The van der Waals surface area contributed by atoms with Crippen molar-refractivity contribution in [1.82, 2.24) is 5.32 Å². The Bertz CT molecular complexity index is 256. The second-order valence-corrected chi connectivity index (χ2v) is 3.93. The predicted molar refractivity (Wildman–Crippen MR) is 62.9 cm³/mol. The highest BCUT2D eigenvalue weighted by atomic mass is 35.5. The van der Waals surface area contributed by atoms with Crippen molar-refractivity contribution in [3.63, 3.8) is 0 Å². The molecule has 1 atom stereocenters. The van der Waals surface area contributed by atoms with Gasteiger partial charge >= 0.3 is 0 Å². The molecule has 0 saturated carbocycles. The van der Waals surface area contributed by atoms with Crippen LogP contribution < -0.4 is 5.32 Å². The Morgan fingerprint density at radius 2 is 1.86 bits per heavy atom. The Morgan fingerprint density at radius 3 is 2.36 bits per heavy atom. The highest BCUT2D eigenvalue weighted by Gasteiger charge is 2.04. The standard InChI is InChI=1S/C12H18ClN/c1-3-12(14-4-2)9-10-5-7-11(13)8-6-10/h5-8,12,14H,3-4,9H2,1-2H3. The number of rotatable bonds is 5. The molecule has 0 aliphatic rings. The van der Waals surface area contributed by atoms with E-state index in [0.29, 0.717) is 6.04 Å². The third-order valence-corrected chi connectivity index (χ3v) is 2.63. The molecule has 0 amide bonds. The molecule has 0 aliphatic heterocycles. The van der Waals surface area contributed by atoms with Crippen LogP contribution in [0, 0.1) is 0 Å². The van der Waals surface area contributed by atoms with Crippen LogP contribution in [-0.2, 0) is 6.42 Å². The SMILES string of the molecule is CCNC(CC)Cc1ccc(Cl)cc1. The Hall–Kier alpha value is -0.530. The summed E-state index contributed by atoms with van der Waals surface area (Å²) in [6.45, 7) is 5.39. The Kier molecular flexibility index (Phi) is 4.99. The van der Waals surface area contributed by atoms with Gasteiger partial charge in [-0.3, -0.25) is 0 Å². The van der Waals surface area contributed by atoms with Crippen molar-refractivity contribution in [2.45, 2.75) is 32.7 Å². The van der Waals surface area contributed by atoms with Crippen LogP contribution >= 0.6 is 11.6 Å². The summed E-state index contributed by atoms with van der Waals surface area (Å²) in [4.78, 5) is 0. The van der Waals surface area contributed by atoms with Crippen LogP contribution in [0.2, 0.25) is 5.02 Å². The summed E-state index contributed by atoms with van der Waals surface area (Å²) in [5.41, 5.74) is 1.35. The van der Waals surface area contributed by atoms with E-state index in [1.54, 1.807) is 0 Å². The van der Waals surface area contributed by atoms with Crippen LogP contribution in [0.15, 0.2) is 24.3 Å². The largest absolute Gasteiger partial charge is 0.314 e. The lowest BCUT2D eigenvalue weighted by molar-refractivity contribution is 0.510. The fraction of sp³-hybridized carbons (Fsp3) is 0.500. The van der Waals surface area contributed by atoms with E-state index in [-0.39, 0.29) is 0 Å². The molecule has 1 aromatic rings. The highest BCUT2D eigenvalue weighted by Crippen LogP contribution is 2.11. The molecule has 2 heteroatoms. The molecule has 0 aliphatic carbocycles. The van der Waals surface area contributed by atoms with Gasteiger partial charge in [0.15, 0.2) is 0 Å². The maximum absolute atomic E-state index is 5.83. The van der Waals surface area contributed by atoms with Gasteiger partial charge < -0.3 is 5.32 Å². The normalized spacial score (nSPS) is 12.8. The number of benzene rings is 1. The second kappa shape index (κ2) is 6.05. The van der Waals surface area contributed by atoms with E-state index < -0.39 is 0 Å². The lowest BCUT2D eigenvalue weighted by atomic mass is 10.0. The molecule has 78 valence electrons. The van der Waals surface area contributed by atoms with Crippen LogP contribution in [0.1, 0.15) is 25.8 Å². The number of hydrogen-bond acceptors (Lipinski definition) is 1. The van der Waals surface area contributed by atoms with Crippen LogP contribution in [0.25, 0.3) is 0 Å². The first-order chi connectivity index (χ1) is 6.76. The van der Waals surface area contributed by atoms with Crippen molar-refractivity contribution in [2.75, 3.05) is 6.54 Å². The molecule has 0 fully saturated rings. The van der Waals surface area contributed by atoms with Gasteiger partial charge in [0.1, 0.15) is 0 Å². The number of likely N-dealkylation sites (N-methyl/N-ethyl adjacent to an activating group) is 1. The first-order valence-corrected chi connectivity index (χ1v) is 5.61. The topological polar surface area (TPSA) is 12.0 Å². The van der Waals surface area contributed by atoms with Gasteiger partial charge in [0.05, 0.1) is 0 Å². The maximum atomic E-state index is 5.83. The minimum Gasteiger partial charge on any atom is -0.314 e. The van der Waals surface area contributed by atoms with E-state index >= 15 is 0 Å². The zero-order valence-corrected chi connectivity index (χ0v) is 9.64. The summed E-state index contributed by atoms with van der Waals surface area (Å²) in [5.74, 6) is 0. The minimum atomic E-state index is 0.584. The van der Waals surface area contributed by atoms with Crippen molar-refractivity contribution < 1.29 is 0 Å². The lowest BCUT2D eigenvalue weighted by Gasteiger charge is -2.15. The molecular formula is C12H18ClN. The molecular weight excluding hydrogens is 194 g/mol. The number of halogens is 1. The summed E-state index contributed by atoms with van der Waals surface area (Å²) in [5, 5.41) is 4.27. The van der Waals surface area contributed by atoms with Gasteiger partial charge in [0.2, 0.25) is 0 Å². The van der Waals surface area contributed by atoms with E-state index in [1.165, 1.54) is 5.56 Å². The molecule has 1 aromatic carbocycles. The molecule has 0 bridgehead atoms. The average Bonchev–Trinajstić information content (AvgIpc) is 2.20. The summed E-state index contributed by atoms with van der Waals surface area (Å²) in [6, 6.07) is 8.69. The van der Waals surface area contributed by atoms with Crippen LogP contribution in [-0.4, -0.2) is 12.6 Å². The quantitative estimate of drug-likeness (QED) is 0.789. The fourth-order valence-corrected chi connectivity index (χ4v) is 1.68. The summed E-state index contributed by atoms with van der Waals surface area (Å²) >= 11 is 5.83. The Morgan fingerprint density at radius 1 is 1.21 bits per heavy atom. The predicted octanol–water partition coefficient (Wildman–Crippen LogP) is 3.27. The number of hydrogen-bond donors (Lipinski definition) is 1. The van der Waals surface area contributed by atoms with Crippen molar-refractivity contribution in [1.29, 1.82) is 0 Å². The summed E-state index contributed by atoms with van der Waals surface area (Å²) in [6.07, 6.45) is 2.25. The minimum absolute atomic E-state index is 0.584. The van der Waals surface area contributed by atoms with Crippen molar-refractivity contribution in [3.05, 3.63) is 34.9 Å². The second-order valence-electron chi connectivity index (χ2n) is 3.49. The van der Waals surface area contributed by atoms with E-state index in [9.17, 15) is 0 Å². The summed E-state index contributed by atoms with van der Waals surface area (Å²) in [7, 11) is 0. The van der Waals surface area contributed by atoms with E-state index in [0.717, 1.165) is 24.4 Å². The molecule has 1 rings (SSSR count). The Balaban J connectivity index is 2.53. The van der Waals surface area contributed by atoms with Gasteiger partial charge in [0.25, 0.3) is 0 Å². The fourth-order valence-electron chi connectivity index (χ4n) is 1.55. The Labute approximate surface area is 91.5 Å². The van der Waals surface area contributed by atoms with Gasteiger partial charge in [-0.25, -0.2) is 0 Å². The van der Waals surface area contributed by atoms with Gasteiger partial charge in [0, 0.05) is 11.1 Å². The third kappa shape index (κ3) is 3.69. The van der Waals surface area contributed by atoms with Gasteiger partial charge in [-0.15, -0.1) is 0 Å². The van der Waals surface area contributed by atoms with E-state index in [2.05, 4.69) is 31.3 Å². The molecule has 1 unspecified atom stereocenters. The van der Waals surface area contributed by atoms with Crippen LogP contribution in [0.4, 0.5) is 0 Å². The van der Waals surface area contributed by atoms with Crippen LogP contribution in [0.5, 0.6) is 0 Å². The first-order valence-electron chi connectivity index (χ1n) is 5.24. The van der Waals surface area contributed by atoms with Gasteiger partial charge in [-0.1, -0.05) is 37.6 Å². The van der Waals surface area contributed by atoms with Crippen molar-refractivity contribution >= 4 is 11.6 Å². The molecule has 0 heterocycles. The molecule has 0 aromatic heterocycles. The van der Waals surface area contributed by atoms with E-state index in [4.69, 9.17) is 11.6 Å². The third-order valence-electron chi connectivity index (χ3n) is 2.38. The number of nitrogens with one attached hydrogen (secondary N) is 1. The van der Waals surface area contributed by atoms with Crippen LogP contribution in [0.3, 0.4) is 0 Å². The zero-order valence-electron chi connectivity index (χ0n) is 8.89. The first kappa shape index (κ1) is 11.5. The highest BCUT2D eigenvalue weighted by molar-refractivity contribution is 6.30. The average molecular weight is 212 g/mol. The maximum Gasteiger partial charge on any atom is 0.0406 e. The summed E-state index contributed by atoms with van der Waals surface area (Å²) < 4.78 is 0. The van der Waals surface area contributed by atoms with Crippen molar-refractivity contribution in [2.24, 2.45) is 0 Å². The van der Waals surface area contributed by atoms with E-state index in [1.807, 2.05) is 12.1 Å². The molecule has 1 nitrogen and oxygen atoms in total. The lowest BCUT2D eigenvalue weighted by Crippen LogP contribution is -2.30. The zero-order chi connectivity index (χ0) is 10.4.